The Morgan fingerprint density at radius 2 is 1.90 bits per heavy atom. The Hall–Kier alpha value is -0.520. The molecule has 1 aromatic carbocycles. The number of thiophene rings is 2. The summed E-state index contributed by atoms with van der Waals surface area (Å²) in [7, 11) is 0. The van der Waals surface area contributed by atoms with Gasteiger partial charge in [-0.25, -0.2) is 0 Å². The number of hydrogen-bond acceptors (Lipinski definition) is 3. The van der Waals surface area contributed by atoms with Crippen molar-refractivity contribution in [2.24, 2.45) is 0 Å². The third kappa shape index (κ3) is 3.63. The third-order valence-electron chi connectivity index (χ3n) is 2.93. The maximum Gasteiger partial charge on any atom is 0.0954 e. The molecule has 0 saturated carbocycles. The van der Waals surface area contributed by atoms with Crippen molar-refractivity contribution in [2.75, 3.05) is 5.32 Å². The van der Waals surface area contributed by atoms with E-state index < -0.39 is 0 Å². The average Bonchev–Trinajstić information content (AvgIpc) is 3.11. The highest BCUT2D eigenvalue weighted by Crippen LogP contribution is 2.37. The number of anilines is 1. The van der Waals surface area contributed by atoms with E-state index in [-0.39, 0.29) is 6.04 Å². The topological polar surface area (TPSA) is 12.0 Å². The molecule has 3 aromatic rings. The van der Waals surface area contributed by atoms with E-state index in [2.05, 4.69) is 44.8 Å². The highest BCUT2D eigenvalue weighted by molar-refractivity contribution is 9.10. The summed E-state index contributed by atoms with van der Waals surface area (Å²) in [4.78, 5) is 2.41. The molecule has 108 valence electrons. The molecule has 1 atom stereocenters. The zero-order chi connectivity index (χ0) is 14.8. The molecule has 1 unspecified atom stereocenters. The lowest BCUT2D eigenvalue weighted by Gasteiger charge is -2.19. The van der Waals surface area contributed by atoms with Gasteiger partial charge in [0.15, 0.2) is 0 Å². The maximum absolute atomic E-state index is 6.10. The van der Waals surface area contributed by atoms with Gasteiger partial charge in [0.1, 0.15) is 0 Å². The predicted molar refractivity (Wildman–Crippen MR) is 98.3 cm³/mol. The molecule has 0 bridgehead atoms. The summed E-state index contributed by atoms with van der Waals surface area (Å²) in [6, 6.07) is 13.9. The van der Waals surface area contributed by atoms with Gasteiger partial charge >= 0.3 is 0 Å². The first-order valence-electron chi connectivity index (χ1n) is 6.14. The molecule has 3 rings (SSSR count). The highest BCUT2D eigenvalue weighted by Gasteiger charge is 2.18. The van der Waals surface area contributed by atoms with Gasteiger partial charge in [-0.2, -0.15) is 0 Å². The van der Waals surface area contributed by atoms with Gasteiger partial charge in [0, 0.05) is 19.2 Å². The van der Waals surface area contributed by atoms with Crippen LogP contribution >= 0.6 is 61.8 Å². The zero-order valence-corrected chi connectivity index (χ0v) is 15.4. The molecule has 0 spiro atoms. The van der Waals surface area contributed by atoms with Crippen LogP contribution in [0.4, 0.5) is 5.69 Å². The van der Waals surface area contributed by atoms with Crippen LogP contribution in [0.5, 0.6) is 0 Å². The Labute approximate surface area is 149 Å². The van der Waals surface area contributed by atoms with Crippen molar-refractivity contribution in [3.05, 3.63) is 71.4 Å². The molecule has 0 radical (unpaired) electrons. The minimum absolute atomic E-state index is 0.0669. The first-order valence-corrected chi connectivity index (χ1v) is 9.38. The summed E-state index contributed by atoms with van der Waals surface area (Å²) in [6.45, 7) is 0. The van der Waals surface area contributed by atoms with Gasteiger partial charge in [0.25, 0.3) is 0 Å². The summed E-state index contributed by atoms with van der Waals surface area (Å²) >= 11 is 19.0. The SMILES string of the molecule is Clc1ccc(Br)c(NC(c2cccs2)c2ccc(Cl)s2)c1. The van der Waals surface area contributed by atoms with Crippen LogP contribution in [0.15, 0.2) is 52.3 Å². The Kier molecular flexibility index (Phi) is 4.92. The van der Waals surface area contributed by atoms with E-state index in [9.17, 15) is 0 Å². The fourth-order valence-electron chi connectivity index (χ4n) is 1.99. The van der Waals surface area contributed by atoms with Crippen molar-refractivity contribution in [3.8, 4) is 0 Å². The summed E-state index contributed by atoms with van der Waals surface area (Å²) in [5.41, 5.74) is 0.963. The quantitative estimate of drug-likeness (QED) is 0.477. The monoisotopic (exact) mass is 417 g/mol. The van der Waals surface area contributed by atoms with Crippen LogP contribution in [0.2, 0.25) is 9.36 Å². The second-order valence-electron chi connectivity index (χ2n) is 4.36. The van der Waals surface area contributed by atoms with E-state index in [1.807, 2.05) is 24.3 Å². The Balaban J connectivity index is 1.98. The van der Waals surface area contributed by atoms with E-state index in [0.717, 1.165) is 14.5 Å². The molecule has 2 aromatic heterocycles. The first-order chi connectivity index (χ1) is 10.1. The van der Waals surface area contributed by atoms with Crippen LogP contribution in [0.3, 0.4) is 0 Å². The van der Waals surface area contributed by atoms with Crippen molar-refractivity contribution in [2.45, 2.75) is 6.04 Å². The molecule has 0 fully saturated rings. The lowest BCUT2D eigenvalue weighted by molar-refractivity contribution is 0.991. The number of nitrogens with one attached hydrogen (secondary N) is 1. The van der Waals surface area contributed by atoms with E-state index in [0.29, 0.717) is 5.02 Å². The second kappa shape index (κ2) is 6.71. The smallest absolute Gasteiger partial charge is 0.0954 e. The Bertz CT molecular complexity index is 740. The minimum Gasteiger partial charge on any atom is -0.372 e. The number of halogens is 3. The fraction of sp³-hybridized carbons (Fsp3) is 0.0667. The average molecular weight is 419 g/mol. The van der Waals surface area contributed by atoms with Crippen LogP contribution < -0.4 is 5.32 Å². The molecule has 0 aliphatic rings. The van der Waals surface area contributed by atoms with Gasteiger partial charge in [-0.05, 0) is 57.7 Å². The number of rotatable bonds is 4. The van der Waals surface area contributed by atoms with Crippen LogP contribution in [0.25, 0.3) is 0 Å². The predicted octanol–water partition coefficient (Wildman–Crippen LogP) is 7.08. The largest absolute Gasteiger partial charge is 0.372 e. The van der Waals surface area contributed by atoms with Crippen LogP contribution in [-0.2, 0) is 0 Å². The third-order valence-corrected chi connectivity index (χ3v) is 6.09. The van der Waals surface area contributed by atoms with Crippen LogP contribution in [-0.4, -0.2) is 0 Å². The van der Waals surface area contributed by atoms with Crippen molar-refractivity contribution >= 4 is 67.5 Å². The number of benzene rings is 1. The van der Waals surface area contributed by atoms with Gasteiger partial charge in [-0.1, -0.05) is 29.3 Å². The van der Waals surface area contributed by atoms with Crippen molar-refractivity contribution in [1.29, 1.82) is 0 Å². The molecule has 2 heterocycles. The van der Waals surface area contributed by atoms with E-state index in [1.54, 1.807) is 22.7 Å². The van der Waals surface area contributed by atoms with Crippen LogP contribution in [0.1, 0.15) is 15.8 Å². The molecular formula is C15H10BrCl2NS2. The lowest BCUT2D eigenvalue weighted by atomic mass is 10.2. The Morgan fingerprint density at radius 3 is 2.57 bits per heavy atom. The van der Waals surface area contributed by atoms with Crippen molar-refractivity contribution in [3.63, 3.8) is 0 Å². The minimum atomic E-state index is 0.0669. The van der Waals surface area contributed by atoms with Gasteiger partial charge in [0.05, 0.1) is 16.1 Å². The van der Waals surface area contributed by atoms with Crippen molar-refractivity contribution in [1.82, 2.24) is 0 Å². The Morgan fingerprint density at radius 1 is 1.05 bits per heavy atom. The normalized spacial score (nSPS) is 12.3. The molecule has 0 aliphatic heterocycles. The molecule has 1 N–H and O–H groups in total. The second-order valence-corrected chi connectivity index (χ2v) is 8.38. The molecule has 0 amide bonds. The summed E-state index contributed by atoms with van der Waals surface area (Å²) in [5, 5.41) is 6.33. The van der Waals surface area contributed by atoms with E-state index in [1.165, 1.54) is 9.75 Å². The van der Waals surface area contributed by atoms with Crippen molar-refractivity contribution < 1.29 is 0 Å². The van der Waals surface area contributed by atoms with Gasteiger partial charge in [0.2, 0.25) is 0 Å². The molecular weight excluding hydrogens is 409 g/mol. The zero-order valence-electron chi connectivity index (χ0n) is 10.6. The fourth-order valence-corrected chi connectivity index (χ4v) is 4.52. The molecule has 0 saturated heterocycles. The first kappa shape index (κ1) is 15.4. The molecule has 0 aliphatic carbocycles. The lowest BCUT2D eigenvalue weighted by Crippen LogP contribution is -2.09. The maximum atomic E-state index is 6.10. The summed E-state index contributed by atoms with van der Waals surface area (Å²) < 4.78 is 1.77. The van der Waals surface area contributed by atoms with E-state index >= 15 is 0 Å². The van der Waals surface area contributed by atoms with Gasteiger partial charge in [-0.3, -0.25) is 0 Å². The number of hydrogen-bond donors (Lipinski definition) is 1. The van der Waals surface area contributed by atoms with Crippen LogP contribution in [0, 0.1) is 0 Å². The van der Waals surface area contributed by atoms with Gasteiger partial charge in [-0.15, -0.1) is 22.7 Å². The van der Waals surface area contributed by atoms with Gasteiger partial charge < -0.3 is 5.32 Å². The summed E-state index contributed by atoms with van der Waals surface area (Å²) in [5.74, 6) is 0. The van der Waals surface area contributed by atoms with E-state index in [4.69, 9.17) is 23.2 Å². The molecule has 1 nitrogen and oxygen atoms in total. The highest BCUT2D eigenvalue weighted by atomic mass is 79.9. The summed E-state index contributed by atoms with van der Waals surface area (Å²) in [6.07, 6.45) is 0. The molecule has 6 heteroatoms. The standard InChI is InChI=1S/C15H10BrCl2NS2/c16-10-4-3-9(17)8-11(10)19-15(12-2-1-7-20-12)13-5-6-14(18)21-13/h1-8,15,19H. The molecule has 21 heavy (non-hydrogen) atoms.